The molecule has 3 aromatic rings. The summed E-state index contributed by atoms with van der Waals surface area (Å²) in [6.45, 7) is 4.02. The summed E-state index contributed by atoms with van der Waals surface area (Å²) >= 11 is 5.82. The van der Waals surface area contributed by atoms with Gasteiger partial charge in [-0.15, -0.1) is 0 Å². The Balaban J connectivity index is 1.76. The molecule has 0 aliphatic heterocycles. The molecule has 5 nitrogen and oxygen atoms in total. The van der Waals surface area contributed by atoms with Gasteiger partial charge in [0.15, 0.2) is 0 Å². The van der Waals surface area contributed by atoms with Crippen LogP contribution in [0.2, 0.25) is 5.02 Å². The van der Waals surface area contributed by atoms with Crippen molar-refractivity contribution < 1.29 is 4.79 Å². The highest BCUT2D eigenvalue weighted by Crippen LogP contribution is 2.18. The highest BCUT2D eigenvalue weighted by molar-refractivity contribution is 6.30. The van der Waals surface area contributed by atoms with Crippen molar-refractivity contribution >= 4 is 23.7 Å². The predicted molar refractivity (Wildman–Crippen MR) is 99.6 cm³/mol. The monoisotopic (exact) mass is 352 g/mol. The van der Waals surface area contributed by atoms with Crippen LogP contribution in [0.4, 0.5) is 0 Å². The largest absolute Gasteiger partial charge is 0.316 e. The maximum atomic E-state index is 12.0. The molecule has 1 amide bonds. The molecular formula is C19H17ClN4O. The number of hydrogen-bond donors (Lipinski definition) is 1. The molecule has 0 aliphatic rings. The number of nitrogens with zero attached hydrogens (tertiary/aromatic N) is 3. The van der Waals surface area contributed by atoms with E-state index in [9.17, 15) is 4.79 Å². The van der Waals surface area contributed by atoms with Crippen LogP contribution in [0.5, 0.6) is 0 Å². The van der Waals surface area contributed by atoms with Crippen LogP contribution in [0.3, 0.4) is 0 Å². The quantitative estimate of drug-likeness (QED) is 0.571. The van der Waals surface area contributed by atoms with Gasteiger partial charge in [0.1, 0.15) is 0 Å². The minimum atomic E-state index is -0.283. The van der Waals surface area contributed by atoms with Crippen LogP contribution in [0.15, 0.2) is 60.0 Å². The molecule has 0 spiro atoms. The molecule has 0 unspecified atom stereocenters. The number of aromatic nitrogens is 2. The molecule has 0 saturated carbocycles. The van der Waals surface area contributed by atoms with E-state index < -0.39 is 0 Å². The van der Waals surface area contributed by atoms with Crippen LogP contribution >= 0.6 is 11.6 Å². The fraction of sp³-hybridized carbons (Fsp3) is 0.105. The Hall–Kier alpha value is -2.92. The van der Waals surface area contributed by atoms with Gasteiger partial charge in [-0.25, -0.2) is 5.43 Å². The lowest BCUT2D eigenvalue weighted by atomic mass is 10.2. The maximum Gasteiger partial charge on any atom is 0.271 e. The zero-order chi connectivity index (χ0) is 17.8. The van der Waals surface area contributed by atoms with Crippen LogP contribution < -0.4 is 5.43 Å². The molecule has 2 heterocycles. The number of nitrogens with one attached hydrogen (secondary N) is 1. The molecule has 0 atom stereocenters. The summed E-state index contributed by atoms with van der Waals surface area (Å²) in [7, 11) is 0. The third kappa shape index (κ3) is 3.78. The van der Waals surface area contributed by atoms with Crippen molar-refractivity contribution in [2.24, 2.45) is 5.10 Å². The minimum Gasteiger partial charge on any atom is -0.316 e. The second-order valence-corrected chi connectivity index (χ2v) is 6.02. The lowest BCUT2D eigenvalue weighted by Crippen LogP contribution is -2.17. The van der Waals surface area contributed by atoms with E-state index in [2.05, 4.69) is 20.1 Å². The Kier molecular flexibility index (Phi) is 4.95. The smallest absolute Gasteiger partial charge is 0.271 e. The van der Waals surface area contributed by atoms with Gasteiger partial charge < -0.3 is 4.57 Å². The zero-order valence-corrected chi connectivity index (χ0v) is 14.7. The molecule has 25 heavy (non-hydrogen) atoms. The van der Waals surface area contributed by atoms with Crippen LogP contribution in [-0.2, 0) is 0 Å². The molecule has 6 heteroatoms. The lowest BCUT2D eigenvalue weighted by molar-refractivity contribution is 0.0955. The first kappa shape index (κ1) is 16.9. The molecule has 0 aliphatic carbocycles. The lowest BCUT2D eigenvalue weighted by Gasteiger charge is -2.08. The molecule has 3 rings (SSSR count). The topological polar surface area (TPSA) is 59.3 Å². The second kappa shape index (κ2) is 7.32. The Morgan fingerprint density at radius 1 is 1.24 bits per heavy atom. The molecule has 0 saturated heterocycles. The number of pyridine rings is 1. The van der Waals surface area contributed by atoms with E-state index in [-0.39, 0.29) is 5.91 Å². The predicted octanol–water partition coefficient (Wildman–Crippen LogP) is 3.91. The van der Waals surface area contributed by atoms with Crippen molar-refractivity contribution in [1.29, 1.82) is 0 Å². The van der Waals surface area contributed by atoms with Crippen LogP contribution in [0.25, 0.3) is 5.69 Å². The Bertz CT molecular complexity index is 915. The summed E-state index contributed by atoms with van der Waals surface area (Å²) in [5.41, 5.74) is 7.04. The van der Waals surface area contributed by atoms with E-state index in [4.69, 9.17) is 11.6 Å². The van der Waals surface area contributed by atoms with E-state index >= 15 is 0 Å². The van der Waals surface area contributed by atoms with Gasteiger partial charge in [0.2, 0.25) is 0 Å². The average Bonchev–Trinajstić information content (AvgIpc) is 2.90. The van der Waals surface area contributed by atoms with Crippen molar-refractivity contribution in [3.63, 3.8) is 0 Å². The highest BCUT2D eigenvalue weighted by atomic mass is 35.5. The van der Waals surface area contributed by atoms with Crippen molar-refractivity contribution in [1.82, 2.24) is 15.0 Å². The molecule has 0 fully saturated rings. The second-order valence-electron chi connectivity index (χ2n) is 5.58. The zero-order valence-electron chi connectivity index (χ0n) is 13.9. The fourth-order valence-electron chi connectivity index (χ4n) is 2.63. The van der Waals surface area contributed by atoms with Crippen LogP contribution in [0.1, 0.15) is 27.3 Å². The summed E-state index contributed by atoms with van der Waals surface area (Å²) in [5, 5.41) is 4.65. The van der Waals surface area contributed by atoms with E-state index in [1.54, 1.807) is 36.7 Å². The average molecular weight is 353 g/mol. The Morgan fingerprint density at radius 2 is 2.00 bits per heavy atom. The number of halogens is 1. The van der Waals surface area contributed by atoms with Crippen LogP contribution in [0, 0.1) is 13.8 Å². The first-order valence-electron chi connectivity index (χ1n) is 7.74. The van der Waals surface area contributed by atoms with E-state index in [1.807, 2.05) is 38.2 Å². The maximum absolute atomic E-state index is 12.0. The van der Waals surface area contributed by atoms with Gasteiger partial charge in [-0.05, 0) is 56.3 Å². The summed E-state index contributed by atoms with van der Waals surface area (Å²) in [4.78, 5) is 16.2. The van der Waals surface area contributed by atoms with Gasteiger partial charge in [-0.2, -0.15) is 5.10 Å². The van der Waals surface area contributed by atoms with Crippen LogP contribution in [-0.4, -0.2) is 21.7 Å². The van der Waals surface area contributed by atoms with Gasteiger partial charge in [-0.1, -0.05) is 11.6 Å². The van der Waals surface area contributed by atoms with E-state index in [0.717, 1.165) is 22.6 Å². The Morgan fingerprint density at radius 3 is 2.68 bits per heavy atom. The number of amides is 1. The standard InChI is InChI=1S/C19H17ClN4O/c1-13-10-16(14(2)24(13)18-4-3-9-21-12-18)11-22-23-19(25)15-5-7-17(20)8-6-15/h3-12H,1-2H3,(H,23,25)/b22-11+. The molecule has 1 N–H and O–H groups in total. The summed E-state index contributed by atoms with van der Waals surface area (Å²) < 4.78 is 2.09. The van der Waals surface area contributed by atoms with E-state index in [1.165, 1.54) is 0 Å². The van der Waals surface area contributed by atoms with Gasteiger partial charge in [0.05, 0.1) is 18.1 Å². The molecule has 1 aromatic carbocycles. The number of aryl methyl sites for hydroxylation is 1. The van der Waals surface area contributed by atoms with Crippen molar-refractivity contribution in [2.45, 2.75) is 13.8 Å². The van der Waals surface area contributed by atoms with Gasteiger partial charge in [0, 0.05) is 33.7 Å². The summed E-state index contributed by atoms with van der Waals surface area (Å²) in [6, 6.07) is 12.6. The third-order valence-electron chi connectivity index (χ3n) is 3.85. The number of carbonyl (C=O) groups is 1. The van der Waals surface area contributed by atoms with E-state index in [0.29, 0.717) is 10.6 Å². The number of hydrazone groups is 1. The number of benzene rings is 1. The fourth-order valence-corrected chi connectivity index (χ4v) is 2.75. The minimum absolute atomic E-state index is 0.283. The van der Waals surface area contributed by atoms with Crippen molar-refractivity contribution in [3.8, 4) is 5.69 Å². The molecule has 0 bridgehead atoms. The SMILES string of the molecule is Cc1cc(/C=N/NC(=O)c2ccc(Cl)cc2)c(C)n1-c1cccnc1. The number of carbonyl (C=O) groups excluding carboxylic acids is 1. The molecule has 126 valence electrons. The molecular weight excluding hydrogens is 336 g/mol. The van der Waals surface area contributed by atoms with Gasteiger partial charge in [0.25, 0.3) is 5.91 Å². The summed E-state index contributed by atoms with van der Waals surface area (Å²) in [5.74, 6) is -0.283. The number of rotatable bonds is 4. The summed E-state index contributed by atoms with van der Waals surface area (Å²) in [6.07, 6.45) is 5.19. The molecule has 0 radical (unpaired) electrons. The highest BCUT2D eigenvalue weighted by Gasteiger charge is 2.09. The molecule has 2 aromatic heterocycles. The third-order valence-corrected chi connectivity index (χ3v) is 4.10. The van der Waals surface area contributed by atoms with Crippen molar-refractivity contribution in [3.05, 3.63) is 82.4 Å². The first-order chi connectivity index (χ1) is 12.1. The van der Waals surface area contributed by atoms with Crippen molar-refractivity contribution in [2.75, 3.05) is 0 Å². The van der Waals surface area contributed by atoms with Gasteiger partial charge >= 0.3 is 0 Å². The Labute approximate surface area is 151 Å². The number of hydrogen-bond acceptors (Lipinski definition) is 3. The first-order valence-corrected chi connectivity index (χ1v) is 8.12. The normalized spacial score (nSPS) is 11.0. The van der Waals surface area contributed by atoms with Gasteiger partial charge in [-0.3, -0.25) is 9.78 Å².